The van der Waals surface area contributed by atoms with Crippen molar-refractivity contribution in [3.8, 4) is 0 Å². The van der Waals surface area contributed by atoms with E-state index in [-0.39, 0.29) is 30.2 Å². The molecule has 1 aromatic carbocycles. The zero-order valence-electron chi connectivity index (χ0n) is 13.7. The molecule has 2 N–H and O–H groups in total. The maximum absolute atomic E-state index is 13.0. The maximum atomic E-state index is 13.0. The Morgan fingerprint density at radius 1 is 1.26 bits per heavy atom. The summed E-state index contributed by atoms with van der Waals surface area (Å²) in [6.07, 6.45) is 4.05. The molecule has 0 radical (unpaired) electrons. The molecular weight excluding hydrogens is 317 g/mol. The third-order valence-electron chi connectivity index (χ3n) is 4.12. The summed E-state index contributed by atoms with van der Waals surface area (Å²) in [5.41, 5.74) is 1.05. The fourth-order valence-electron chi connectivity index (χ4n) is 2.90. The average molecular weight is 344 g/mol. The van der Waals surface area contributed by atoms with Gasteiger partial charge in [0.25, 0.3) is 0 Å². The third kappa shape index (κ3) is 6.45. The largest absolute Gasteiger partial charge is 0.355 e. The Labute approximate surface area is 144 Å². The molecule has 1 fully saturated rings. The summed E-state index contributed by atoms with van der Waals surface area (Å²) in [4.78, 5) is 14.6. The zero-order valence-corrected chi connectivity index (χ0v) is 14.5. The summed E-state index contributed by atoms with van der Waals surface area (Å²) in [5.74, 6) is -0.0980. The number of hydrogen-bond donors (Lipinski definition) is 2. The quantitative estimate of drug-likeness (QED) is 0.747. The van der Waals surface area contributed by atoms with Gasteiger partial charge in [-0.2, -0.15) is 0 Å². The van der Waals surface area contributed by atoms with Gasteiger partial charge in [0.05, 0.1) is 6.04 Å². The molecule has 0 aromatic heterocycles. The Morgan fingerprint density at radius 2 is 2.00 bits per heavy atom. The summed E-state index contributed by atoms with van der Waals surface area (Å²) in [7, 11) is 1.91. The van der Waals surface area contributed by atoms with Crippen LogP contribution >= 0.6 is 12.4 Å². The number of rotatable bonds is 7. The smallest absolute Gasteiger partial charge is 0.237 e. The van der Waals surface area contributed by atoms with Gasteiger partial charge >= 0.3 is 0 Å². The molecule has 1 aromatic rings. The number of carbonyl (C=O) groups excluding carboxylic acids is 1. The molecule has 1 unspecified atom stereocenters. The molecule has 1 aliphatic heterocycles. The standard InChI is InChI=1S/C17H26FN3O.ClH/c1-19-10-4-11-20-17(22)16-5-2-3-12-21(16)13-14-6-8-15(18)9-7-14;/h6-9,16,19H,2-5,10-13H2,1H3,(H,20,22);1H. The monoisotopic (exact) mass is 343 g/mol. The van der Waals surface area contributed by atoms with E-state index in [9.17, 15) is 9.18 Å². The highest BCUT2D eigenvalue weighted by Crippen LogP contribution is 2.20. The van der Waals surface area contributed by atoms with Crippen LogP contribution in [0.2, 0.25) is 0 Å². The van der Waals surface area contributed by atoms with Gasteiger partial charge in [-0.3, -0.25) is 9.69 Å². The molecule has 2 rings (SSSR count). The lowest BCUT2D eigenvalue weighted by molar-refractivity contribution is -0.127. The first kappa shape index (κ1) is 19.9. The average Bonchev–Trinajstić information content (AvgIpc) is 2.54. The van der Waals surface area contributed by atoms with Crippen molar-refractivity contribution < 1.29 is 9.18 Å². The van der Waals surface area contributed by atoms with E-state index in [2.05, 4.69) is 15.5 Å². The highest BCUT2D eigenvalue weighted by Gasteiger charge is 2.28. The topological polar surface area (TPSA) is 44.4 Å². The Balaban J connectivity index is 0.00000264. The molecule has 23 heavy (non-hydrogen) atoms. The summed E-state index contributed by atoms with van der Waals surface area (Å²) in [5, 5.41) is 6.11. The summed E-state index contributed by atoms with van der Waals surface area (Å²) in [6.45, 7) is 3.24. The number of benzene rings is 1. The van der Waals surface area contributed by atoms with Crippen molar-refractivity contribution >= 4 is 18.3 Å². The molecule has 0 saturated carbocycles. The van der Waals surface area contributed by atoms with Gasteiger partial charge < -0.3 is 10.6 Å². The molecule has 0 spiro atoms. The van der Waals surface area contributed by atoms with Gasteiger partial charge in [-0.25, -0.2) is 4.39 Å². The summed E-state index contributed by atoms with van der Waals surface area (Å²) < 4.78 is 13.0. The van der Waals surface area contributed by atoms with E-state index < -0.39 is 0 Å². The highest BCUT2D eigenvalue weighted by atomic mass is 35.5. The second kappa shape index (κ2) is 10.6. The minimum Gasteiger partial charge on any atom is -0.355 e. The van der Waals surface area contributed by atoms with Gasteiger partial charge in [0.1, 0.15) is 5.82 Å². The highest BCUT2D eigenvalue weighted by molar-refractivity contribution is 5.85. The van der Waals surface area contributed by atoms with E-state index in [0.717, 1.165) is 44.3 Å². The van der Waals surface area contributed by atoms with Crippen LogP contribution in [0.3, 0.4) is 0 Å². The molecule has 6 heteroatoms. The molecule has 1 heterocycles. The lowest BCUT2D eigenvalue weighted by atomic mass is 10.0. The lowest BCUT2D eigenvalue weighted by Gasteiger charge is -2.34. The van der Waals surface area contributed by atoms with Crippen LogP contribution in [-0.4, -0.2) is 43.5 Å². The number of carbonyl (C=O) groups is 1. The van der Waals surface area contributed by atoms with Gasteiger partial charge in [0.2, 0.25) is 5.91 Å². The number of nitrogens with one attached hydrogen (secondary N) is 2. The maximum Gasteiger partial charge on any atom is 0.237 e. The molecule has 0 aliphatic carbocycles. The third-order valence-corrected chi connectivity index (χ3v) is 4.12. The van der Waals surface area contributed by atoms with Crippen LogP contribution < -0.4 is 10.6 Å². The van der Waals surface area contributed by atoms with Crippen molar-refractivity contribution in [2.75, 3.05) is 26.7 Å². The molecule has 4 nitrogen and oxygen atoms in total. The Kier molecular flexibility index (Phi) is 9.14. The fourth-order valence-corrected chi connectivity index (χ4v) is 2.90. The van der Waals surface area contributed by atoms with E-state index in [4.69, 9.17) is 0 Å². The van der Waals surface area contributed by atoms with Crippen LogP contribution in [0.25, 0.3) is 0 Å². The Bertz CT molecular complexity index is 469. The number of amides is 1. The molecular formula is C17H27ClFN3O. The SMILES string of the molecule is CNCCCNC(=O)C1CCCCN1Cc1ccc(F)cc1.Cl. The number of halogens is 2. The summed E-state index contributed by atoms with van der Waals surface area (Å²) >= 11 is 0. The Hall–Kier alpha value is -1.17. The van der Waals surface area contributed by atoms with Crippen LogP contribution in [0.15, 0.2) is 24.3 Å². The van der Waals surface area contributed by atoms with Crippen molar-refractivity contribution in [3.05, 3.63) is 35.6 Å². The van der Waals surface area contributed by atoms with Gasteiger partial charge in [0.15, 0.2) is 0 Å². The molecule has 1 aliphatic rings. The van der Waals surface area contributed by atoms with E-state index in [1.165, 1.54) is 12.1 Å². The lowest BCUT2D eigenvalue weighted by Crippen LogP contribution is -2.49. The van der Waals surface area contributed by atoms with Crippen molar-refractivity contribution in [2.45, 2.75) is 38.3 Å². The number of nitrogens with zero attached hydrogens (tertiary/aromatic N) is 1. The second-order valence-electron chi connectivity index (χ2n) is 5.86. The van der Waals surface area contributed by atoms with Crippen LogP contribution in [0.5, 0.6) is 0 Å². The molecule has 1 amide bonds. The second-order valence-corrected chi connectivity index (χ2v) is 5.86. The number of piperidine rings is 1. The molecule has 1 atom stereocenters. The van der Waals surface area contributed by atoms with Crippen LogP contribution in [-0.2, 0) is 11.3 Å². The van der Waals surface area contributed by atoms with Gasteiger partial charge in [-0.15, -0.1) is 12.4 Å². The molecule has 0 bridgehead atoms. The van der Waals surface area contributed by atoms with Crippen molar-refractivity contribution in [1.29, 1.82) is 0 Å². The van der Waals surface area contributed by atoms with E-state index in [0.29, 0.717) is 13.1 Å². The predicted octanol–water partition coefficient (Wildman–Crippen LogP) is 2.33. The van der Waals surface area contributed by atoms with E-state index >= 15 is 0 Å². The first-order valence-electron chi connectivity index (χ1n) is 8.11. The van der Waals surface area contributed by atoms with Gasteiger partial charge in [0, 0.05) is 13.1 Å². The minimum atomic E-state index is -0.221. The Morgan fingerprint density at radius 3 is 2.70 bits per heavy atom. The van der Waals surface area contributed by atoms with Crippen molar-refractivity contribution in [3.63, 3.8) is 0 Å². The normalized spacial score (nSPS) is 18.3. The van der Waals surface area contributed by atoms with Gasteiger partial charge in [-0.1, -0.05) is 18.6 Å². The predicted molar refractivity (Wildman–Crippen MR) is 93.3 cm³/mol. The zero-order chi connectivity index (χ0) is 15.8. The van der Waals surface area contributed by atoms with Crippen LogP contribution in [0, 0.1) is 5.82 Å². The number of likely N-dealkylation sites (tertiary alicyclic amines) is 1. The first-order chi connectivity index (χ1) is 10.7. The number of hydrogen-bond acceptors (Lipinski definition) is 3. The fraction of sp³-hybridized carbons (Fsp3) is 0.588. The molecule has 1 saturated heterocycles. The minimum absolute atomic E-state index is 0. The van der Waals surface area contributed by atoms with Crippen LogP contribution in [0.1, 0.15) is 31.2 Å². The first-order valence-corrected chi connectivity index (χ1v) is 8.11. The van der Waals surface area contributed by atoms with Crippen molar-refractivity contribution in [1.82, 2.24) is 15.5 Å². The van der Waals surface area contributed by atoms with Gasteiger partial charge in [-0.05, 0) is 57.1 Å². The molecule has 130 valence electrons. The van der Waals surface area contributed by atoms with Crippen molar-refractivity contribution in [2.24, 2.45) is 0 Å². The van der Waals surface area contributed by atoms with Crippen LogP contribution in [0.4, 0.5) is 4.39 Å². The van der Waals surface area contributed by atoms with E-state index in [1.807, 2.05) is 7.05 Å². The van der Waals surface area contributed by atoms with E-state index in [1.54, 1.807) is 12.1 Å². The summed E-state index contributed by atoms with van der Waals surface area (Å²) in [6, 6.07) is 6.49.